The van der Waals surface area contributed by atoms with E-state index in [1.165, 1.54) is 22.3 Å². The Kier molecular flexibility index (Phi) is 3.38. The first-order valence-electron chi connectivity index (χ1n) is 8.51. The van der Waals surface area contributed by atoms with Gasteiger partial charge in [-0.25, -0.2) is 0 Å². The fourth-order valence-corrected chi connectivity index (χ4v) is 4.64. The monoisotopic (exact) mass is 305 g/mol. The number of hydrogen-bond donors (Lipinski definition) is 0. The zero-order chi connectivity index (χ0) is 16.0. The molecule has 118 valence electrons. The third-order valence-corrected chi connectivity index (χ3v) is 5.61. The Bertz CT molecular complexity index is 714. The molecule has 0 amide bonds. The van der Waals surface area contributed by atoms with Crippen molar-refractivity contribution >= 4 is 5.78 Å². The van der Waals surface area contributed by atoms with Gasteiger partial charge in [0.1, 0.15) is 5.78 Å². The van der Waals surface area contributed by atoms with Crippen molar-refractivity contribution in [1.82, 2.24) is 4.90 Å². The van der Waals surface area contributed by atoms with Crippen molar-refractivity contribution in [2.45, 2.75) is 30.6 Å². The minimum absolute atomic E-state index is 0.255. The standard InChI is InChI=1S/C21H23NO/c1-22(2)13-7-12-21-18-10-5-3-8-15(18)17(14-20(21)23)16-9-4-6-11-19(16)21/h3-6,8-11,17H,7,12-14H2,1-2H3. The quantitative estimate of drug-likeness (QED) is 0.858. The van der Waals surface area contributed by atoms with Gasteiger partial charge in [-0.15, -0.1) is 0 Å². The number of ketones is 1. The summed E-state index contributed by atoms with van der Waals surface area (Å²) in [5, 5.41) is 0. The minimum atomic E-state index is -0.419. The lowest BCUT2D eigenvalue weighted by atomic mass is 9.53. The predicted molar refractivity (Wildman–Crippen MR) is 92.9 cm³/mol. The number of fused-ring (bicyclic) bond motifs is 1. The molecule has 2 nitrogen and oxygen atoms in total. The first-order valence-corrected chi connectivity index (χ1v) is 8.51. The molecule has 5 rings (SSSR count). The van der Waals surface area contributed by atoms with Crippen LogP contribution in [0.5, 0.6) is 0 Å². The van der Waals surface area contributed by atoms with Gasteiger partial charge in [0, 0.05) is 12.3 Å². The van der Waals surface area contributed by atoms with Gasteiger partial charge in [-0.1, -0.05) is 48.5 Å². The SMILES string of the molecule is CN(C)CCCC12C(=O)CC(c3ccccc31)c1ccccc12. The highest BCUT2D eigenvalue weighted by atomic mass is 16.1. The number of nitrogens with zero attached hydrogens (tertiary/aromatic N) is 1. The molecule has 0 atom stereocenters. The summed E-state index contributed by atoms with van der Waals surface area (Å²) in [7, 11) is 4.19. The van der Waals surface area contributed by atoms with Crippen LogP contribution in [0.2, 0.25) is 0 Å². The van der Waals surface area contributed by atoms with Gasteiger partial charge in [0.25, 0.3) is 0 Å². The van der Waals surface area contributed by atoms with E-state index in [0.29, 0.717) is 12.2 Å². The van der Waals surface area contributed by atoms with Crippen molar-refractivity contribution < 1.29 is 4.79 Å². The molecule has 0 radical (unpaired) electrons. The van der Waals surface area contributed by atoms with Crippen LogP contribution in [0.15, 0.2) is 48.5 Å². The van der Waals surface area contributed by atoms with E-state index in [-0.39, 0.29) is 5.92 Å². The molecule has 0 N–H and O–H groups in total. The van der Waals surface area contributed by atoms with Crippen molar-refractivity contribution in [2.24, 2.45) is 0 Å². The maximum absolute atomic E-state index is 13.2. The summed E-state index contributed by atoms with van der Waals surface area (Å²) in [6.07, 6.45) is 2.60. The van der Waals surface area contributed by atoms with E-state index in [9.17, 15) is 4.79 Å². The second-order valence-electron chi connectivity index (χ2n) is 7.17. The largest absolute Gasteiger partial charge is 0.309 e. The summed E-state index contributed by atoms with van der Waals surface area (Å²) in [4.78, 5) is 15.4. The maximum atomic E-state index is 13.2. The molecule has 0 aliphatic heterocycles. The van der Waals surface area contributed by atoms with Crippen LogP contribution in [-0.4, -0.2) is 31.3 Å². The smallest absolute Gasteiger partial charge is 0.148 e. The Morgan fingerprint density at radius 2 is 1.57 bits per heavy atom. The molecule has 2 bridgehead atoms. The predicted octanol–water partition coefficient (Wildman–Crippen LogP) is 3.73. The number of benzene rings is 2. The second kappa shape index (κ2) is 5.31. The lowest BCUT2D eigenvalue weighted by Crippen LogP contribution is -2.48. The minimum Gasteiger partial charge on any atom is -0.309 e. The molecule has 2 aromatic rings. The summed E-state index contributed by atoms with van der Waals surface area (Å²) in [6, 6.07) is 17.2. The Hall–Kier alpha value is -1.93. The molecule has 0 saturated heterocycles. The first kappa shape index (κ1) is 14.6. The number of hydrogen-bond acceptors (Lipinski definition) is 2. The van der Waals surface area contributed by atoms with Gasteiger partial charge in [-0.2, -0.15) is 0 Å². The molecular formula is C21H23NO. The molecule has 3 aliphatic carbocycles. The molecular weight excluding hydrogens is 282 g/mol. The summed E-state index contributed by atoms with van der Waals surface area (Å²) in [5.41, 5.74) is 4.85. The Morgan fingerprint density at radius 3 is 2.13 bits per heavy atom. The lowest BCUT2D eigenvalue weighted by Gasteiger charge is -2.48. The number of rotatable bonds is 4. The third-order valence-electron chi connectivity index (χ3n) is 5.61. The number of carbonyl (C=O) groups excluding carboxylic acids is 1. The first-order chi connectivity index (χ1) is 11.1. The van der Waals surface area contributed by atoms with Crippen LogP contribution < -0.4 is 0 Å². The number of carbonyl (C=O) groups is 1. The van der Waals surface area contributed by atoms with Crippen LogP contribution >= 0.6 is 0 Å². The van der Waals surface area contributed by atoms with Gasteiger partial charge in [-0.3, -0.25) is 4.79 Å². The van der Waals surface area contributed by atoms with Crippen molar-refractivity contribution in [3.63, 3.8) is 0 Å². The van der Waals surface area contributed by atoms with E-state index >= 15 is 0 Å². The van der Waals surface area contributed by atoms with Crippen molar-refractivity contribution in [1.29, 1.82) is 0 Å². The molecule has 2 aromatic carbocycles. The van der Waals surface area contributed by atoms with Gasteiger partial charge >= 0.3 is 0 Å². The summed E-state index contributed by atoms with van der Waals surface area (Å²) < 4.78 is 0. The van der Waals surface area contributed by atoms with Gasteiger partial charge in [0.05, 0.1) is 5.41 Å². The molecule has 0 saturated carbocycles. The Balaban J connectivity index is 1.89. The van der Waals surface area contributed by atoms with Crippen molar-refractivity contribution in [3.8, 4) is 0 Å². The molecule has 3 aliphatic rings. The van der Waals surface area contributed by atoms with Gasteiger partial charge in [-0.05, 0) is 55.7 Å². The highest BCUT2D eigenvalue weighted by Crippen LogP contribution is 2.56. The zero-order valence-corrected chi connectivity index (χ0v) is 13.9. The Labute approximate surface area is 138 Å². The molecule has 0 fully saturated rings. The van der Waals surface area contributed by atoms with E-state index in [2.05, 4.69) is 67.5 Å². The highest BCUT2D eigenvalue weighted by Gasteiger charge is 2.53. The van der Waals surface area contributed by atoms with Gasteiger partial charge in [0.15, 0.2) is 0 Å². The summed E-state index contributed by atoms with van der Waals surface area (Å²) in [5.74, 6) is 0.671. The zero-order valence-electron chi connectivity index (χ0n) is 13.9. The van der Waals surface area contributed by atoms with Crippen LogP contribution in [0.4, 0.5) is 0 Å². The van der Waals surface area contributed by atoms with E-state index in [1.807, 2.05) is 0 Å². The Morgan fingerprint density at radius 1 is 1.00 bits per heavy atom. The van der Waals surface area contributed by atoms with Crippen LogP contribution in [0.3, 0.4) is 0 Å². The molecule has 2 heteroatoms. The van der Waals surface area contributed by atoms with Gasteiger partial charge in [0.2, 0.25) is 0 Å². The topological polar surface area (TPSA) is 20.3 Å². The van der Waals surface area contributed by atoms with E-state index in [4.69, 9.17) is 0 Å². The van der Waals surface area contributed by atoms with Crippen LogP contribution in [0, 0.1) is 0 Å². The summed E-state index contributed by atoms with van der Waals surface area (Å²) in [6.45, 7) is 1.02. The van der Waals surface area contributed by atoms with E-state index in [0.717, 1.165) is 19.4 Å². The lowest BCUT2D eigenvalue weighted by molar-refractivity contribution is -0.125. The highest BCUT2D eigenvalue weighted by molar-refractivity contribution is 5.99. The fraction of sp³-hybridized carbons (Fsp3) is 0.381. The van der Waals surface area contributed by atoms with Crippen molar-refractivity contribution in [3.05, 3.63) is 70.8 Å². The fourth-order valence-electron chi connectivity index (χ4n) is 4.64. The normalized spacial score (nSPS) is 24.7. The second-order valence-corrected chi connectivity index (χ2v) is 7.17. The average molecular weight is 305 g/mol. The third kappa shape index (κ3) is 2.01. The maximum Gasteiger partial charge on any atom is 0.148 e. The molecule has 0 unspecified atom stereocenters. The average Bonchev–Trinajstić information content (AvgIpc) is 2.56. The molecule has 0 spiro atoms. The van der Waals surface area contributed by atoms with Crippen molar-refractivity contribution in [2.75, 3.05) is 20.6 Å². The van der Waals surface area contributed by atoms with Gasteiger partial charge < -0.3 is 4.90 Å². The summed E-state index contributed by atoms with van der Waals surface area (Å²) >= 11 is 0. The van der Waals surface area contributed by atoms with Crippen LogP contribution in [-0.2, 0) is 10.2 Å². The molecule has 0 heterocycles. The van der Waals surface area contributed by atoms with Crippen LogP contribution in [0.1, 0.15) is 47.4 Å². The molecule has 23 heavy (non-hydrogen) atoms. The number of Topliss-reactive ketones (excluding diaryl/α,β-unsaturated/α-hetero) is 1. The van der Waals surface area contributed by atoms with Crippen LogP contribution in [0.25, 0.3) is 0 Å². The molecule has 0 aromatic heterocycles. The van der Waals surface area contributed by atoms with E-state index in [1.54, 1.807) is 0 Å². The van der Waals surface area contributed by atoms with E-state index < -0.39 is 5.41 Å².